The molecule has 1 aliphatic heterocycles. The first-order chi connectivity index (χ1) is 11.6. The number of likely N-dealkylation sites (N-methyl/N-ethyl adjacent to an activating group) is 1. The Balaban J connectivity index is 2.01. The summed E-state index contributed by atoms with van der Waals surface area (Å²) in [6.07, 6.45) is 0. The van der Waals surface area contributed by atoms with E-state index in [1.54, 1.807) is 11.8 Å². The number of rotatable bonds is 5. The number of nitrogens with one attached hydrogen (secondary N) is 1. The molecule has 0 saturated heterocycles. The third kappa shape index (κ3) is 3.55. The van der Waals surface area contributed by atoms with Crippen molar-refractivity contribution in [1.82, 2.24) is 10.2 Å². The Hall–Kier alpha value is -2.04. The van der Waals surface area contributed by atoms with Gasteiger partial charge in [0.15, 0.2) is 0 Å². The number of carbonyl (C=O) groups excluding carboxylic acids is 1. The Morgan fingerprint density at radius 1 is 1.08 bits per heavy atom. The molecule has 24 heavy (non-hydrogen) atoms. The van der Waals surface area contributed by atoms with Crippen molar-refractivity contribution < 1.29 is 4.79 Å². The van der Waals surface area contributed by atoms with Crippen molar-refractivity contribution in [1.29, 1.82) is 0 Å². The third-order valence-electron chi connectivity index (χ3n) is 3.87. The van der Waals surface area contributed by atoms with Gasteiger partial charge in [-0.1, -0.05) is 54.2 Å². The number of hydrogen-bond donors (Lipinski definition) is 1. The highest BCUT2D eigenvalue weighted by atomic mass is 32.2. The number of ketones is 1. The van der Waals surface area contributed by atoms with E-state index < -0.39 is 0 Å². The fourth-order valence-electron chi connectivity index (χ4n) is 2.91. The smallest absolute Gasteiger partial charge is 0.202 e. The molecule has 0 bridgehead atoms. The van der Waals surface area contributed by atoms with E-state index in [1.165, 1.54) is 0 Å². The van der Waals surface area contributed by atoms with Gasteiger partial charge in [0.1, 0.15) is 0 Å². The highest BCUT2D eigenvalue weighted by Gasteiger charge is 2.29. The zero-order valence-electron chi connectivity index (χ0n) is 14.2. The molecule has 1 atom stereocenters. The molecule has 0 spiro atoms. The van der Waals surface area contributed by atoms with Crippen LogP contribution in [0.4, 0.5) is 0 Å². The predicted octanol–water partition coefficient (Wildman–Crippen LogP) is 3.88. The van der Waals surface area contributed by atoms with Crippen LogP contribution in [0.3, 0.4) is 0 Å². The van der Waals surface area contributed by atoms with Gasteiger partial charge in [-0.15, -0.1) is 0 Å². The molecule has 1 heterocycles. The second-order valence-corrected chi connectivity index (χ2v) is 7.36. The van der Waals surface area contributed by atoms with Crippen LogP contribution >= 0.6 is 11.8 Å². The number of nitrogens with zero attached hydrogens (tertiary/aromatic N) is 1. The van der Waals surface area contributed by atoms with E-state index in [1.807, 2.05) is 42.5 Å². The van der Waals surface area contributed by atoms with Crippen LogP contribution in [-0.2, 0) is 0 Å². The lowest BCUT2D eigenvalue weighted by atomic mass is 10.1. The number of allylic oxidation sites excluding steroid dienone is 1. The highest BCUT2D eigenvalue weighted by Crippen LogP contribution is 2.42. The Kier molecular flexibility index (Phi) is 5.07. The molecule has 0 saturated carbocycles. The molecule has 124 valence electrons. The normalized spacial score (nSPS) is 16.9. The summed E-state index contributed by atoms with van der Waals surface area (Å²) in [7, 11) is 4.11. The van der Waals surface area contributed by atoms with Crippen LogP contribution in [-0.4, -0.2) is 37.4 Å². The first-order valence-corrected chi connectivity index (χ1v) is 8.90. The molecular formula is C20H22N2OS. The first-order valence-electron chi connectivity index (χ1n) is 8.09. The van der Waals surface area contributed by atoms with Gasteiger partial charge in [-0.2, -0.15) is 0 Å². The van der Waals surface area contributed by atoms with Crippen molar-refractivity contribution in [2.45, 2.75) is 17.9 Å². The van der Waals surface area contributed by atoms with E-state index in [0.717, 1.165) is 33.2 Å². The van der Waals surface area contributed by atoms with Crippen LogP contribution in [0.2, 0.25) is 0 Å². The highest BCUT2D eigenvalue weighted by molar-refractivity contribution is 8.05. The zero-order chi connectivity index (χ0) is 17.1. The number of thioether (sulfide) groups is 1. The van der Waals surface area contributed by atoms with Crippen LogP contribution in [0.5, 0.6) is 0 Å². The molecule has 1 aliphatic rings. The quantitative estimate of drug-likeness (QED) is 0.839. The topological polar surface area (TPSA) is 32.3 Å². The van der Waals surface area contributed by atoms with Crippen molar-refractivity contribution in [2.24, 2.45) is 0 Å². The number of Topliss-reactive ketones (excluding diaryl/α,β-unsaturated/α-hetero) is 1. The summed E-state index contributed by atoms with van der Waals surface area (Å²) in [5.41, 5.74) is 2.77. The van der Waals surface area contributed by atoms with Crippen molar-refractivity contribution in [3.8, 4) is 0 Å². The van der Waals surface area contributed by atoms with E-state index in [-0.39, 0.29) is 11.8 Å². The maximum absolute atomic E-state index is 12.9. The molecular weight excluding hydrogens is 316 g/mol. The lowest BCUT2D eigenvalue weighted by Crippen LogP contribution is -2.35. The average Bonchev–Trinajstić information content (AvgIpc) is 2.90. The number of benzene rings is 2. The van der Waals surface area contributed by atoms with Crippen molar-refractivity contribution in [3.05, 3.63) is 70.6 Å². The largest absolute Gasteiger partial charge is 0.380 e. The van der Waals surface area contributed by atoms with Gasteiger partial charge >= 0.3 is 0 Å². The number of hydrogen-bond acceptors (Lipinski definition) is 4. The molecule has 2 aromatic rings. The molecule has 0 aromatic heterocycles. The van der Waals surface area contributed by atoms with E-state index in [9.17, 15) is 4.79 Å². The SMILES string of the molecule is CC(CN(C)C)N/C(=C1/Sc2ccccc2C1=O)c1ccccc1. The van der Waals surface area contributed by atoms with Crippen molar-refractivity contribution in [2.75, 3.05) is 20.6 Å². The summed E-state index contributed by atoms with van der Waals surface area (Å²) < 4.78 is 0. The second-order valence-electron chi connectivity index (χ2n) is 6.31. The molecule has 3 rings (SSSR count). The molecule has 0 amide bonds. The third-order valence-corrected chi connectivity index (χ3v) is 5.04. The summed E-state index contributed by atoms with van der Waals surface area (Å²) in [5.74, 6) is 0.110. The second kappa shape index (κ2) is 7.24. The van der Waals surface area contributed by atoms with Gasteiger partial charge < -0.3 is 10.2 Å². The monoisotopic (exact) mass is 338 g/mol. The van der Waals surface area contributed by atoms with Crippen LogP contribution in [0.1, 0.15) is 22.8 Å². The maximum atomic E-state index is 12.9. The molecule has 1 unspecified atom stereocenters. The number of fused-ring (bicyclic) bond motifs is 1. The Bertz CT molecular complexity index is 768. The van der Waals surface area contributed by atoms with Gasteiger partial charge in [0.2, 0.25) is 5.78 Å². The molecule has 0 fully saturated rings. The summed E-state index contributed by atoms with van der Waals surface area (Å²) in [6, 6.07) is 18.2. The lowest BCUT2D eigenvalue weighted by Gasteiger charge is -2.22. The van der Waals surface area contributed by atoms with Crippen LogP contribution in [0, 0.1) is 0 Å². The van der Waals surface area contributed by atoms with Gasteiger partial charge in [0, 0.05) is 23.0 Å². The van der Waals surface area contributed by atoms with Crippen LogP contribution < -0.4 is 5.32 Å². The molecule has 2 aromatic carbocycles. The van der Waals surface area contributed by atoms with E-state index in [4.69, 9.17) is 0 Å². The molecule has 3 nitrogen and oxygen atoms in total. The summed E-state index contributed by atoms with van der Waals surface area (Å²) in [6.45, 7) is 3.04. The Morgan fingerprint density at radius 2 is 1.75 bits per heavy atom. The molecule has 1 N–H and O–H groups in total. The lowest BCUT2D eigenvalue weighted by molar-refractivity contribution is 0.104. The minimum atomic E-state index is 0.110. The van der Waals surface area contributed by atoms with Gasteiger partial charge in [-0.25, -0.2) is 0 Å². The van der Waals surface area contributed by atoms with E-state index >= 15 is 0 Å². The summed E-state index contributed by atoms with van der Waals surface area (Å²) >= 11 is 1.56. The fourth-order valence-corrected chi connectivity index (χ4v) is 4.03. The fraction of sp³-hybridized carbons (Fsp3) is 0.250. The van der Waals surface area contributed by atoms with Gasteiger partial charge in [-0.05, 0) is 38.7 Å². The average molecular weight is 338 g/mol. The van der Waals surface area contributed by atoms with Crippen LogP contribution in [0.25, 0.3) is 5.70 Å². The van der Waals surface area contributed by atoms with Gasteiger partial charge in [-0.3, -0.25) is 4.79 Å². The molecule has 4 heteroatoms. The van der Waals surface area contributed by atoms with E-state index in [2.05, 4.69) is 43.4 Å². The first kappa shape index (κ1) is 16.8. The summed E-state index contributed by atoms with van der Waals surface area (Å²) in [5, 5.41) is 3.57. The van der Waals surface area contributed by atoms with Crippen molar-refractivity contribution >= 4 is 23.2 Å². The van der Waals surface area contributed by atoms with Crippen LogP contribution in [0.15, 0.2) is 64.4 Å². The zero-order valence-corrected chi connectivity index (χ0v) is 15.1. The predicted molar refractivity (Wildman–Crippen MR) is 101 cm³/mol. The Labute approximate surface area is 147 Å². The van der Waals surface area contributed by atoms with E-state index in [0.29, 0.717) is 0 Å². The molecule has 0 aliphatic carbocycles. The van der Waals surface area contributed by atoms with Gasteiger partial charge in [0.25, 0.3) is 0 Å². The summed E-state index contributed by atoms with van der Waals surface area (Å²) in [4.78, 5) is 16.8. The standard InChI is InChI=1S/C20H22N2OS/c1-14(13-22(2)3)21-18(15-9-5-4-6-10-15)20-19(23)16-11-7-8-12-17(16)24-20/h4-12,14,21H,13H2,1-3H3/b20-18+. The molecule has 0 radical (unpaired) electrons. The van der Waals surface area contributed by atoms with Crippen molar-refractivity contribution in [3.63, 3.8) is 0 Å². The Morgan fingerprint density at radius 3 is 2.42 bits per heavy atom. The minimum Gasteiger partial charge on any atom is -0.380 e. The number of carbonyl (C=O) groups is 1. The minimum absolute atomic E-state index is 0.110. The van der Waals surface area contributed by atoms with Gasteiger partial charge in [0.05, 0.1) is 10.6 Å². The maximum Gasteiger partial charge on any atom is 0.202 e.